The van der Waals surface area contributed by atoms with Crippen molar-refractivity contribution >= 4 is 23.2 Å². The molecule has 1 aromatic carbocycles. The Hall–Kier alpha value is -2.07. The number of benzene rings is 1. The molecule has 0 atom stereocenters. The predicted octanol–water partition coefficient (Wildman–Crippen LogP) is 2.77. The number of aromatic amines is 1. The van der Waals surface area contributed by atoms with Crippen LogP contribution < -0.4 is 10.9 Å². The number of carbonyl (C=O) groups is 1. The lowest BCUT2D eigenvalue weighted by Crippen LogP contribution is -2.24. The Balaban J connectivity index is 1.90. The number of nitrogens with one attached hydrogen (secondary N) is 2. The average Bonchev–Trinajstić information content (AvgIpc) is 2.84. The number of pyridine rings is 1. The Morgan fingerprint density at radius 3 is 2.90 bits per heavy atom. The quantitative estimate of drug-likeness (QED) is 0.892. The maximum atomic E-state index is 12.2. The Bertz CT molecular complexity index is 737. The first-order valence-corrected chi connectivity index (χ1v) is 6.83. The molecule has 1 aliphatic rings. The number of rotatable bonds is 2. The van der Waals surface area contributed by atoms with Gasteiger partial charge in [0.1, 0.15) is 5.56 Å². The van der Waals surface area contributed by atoms with Gasteiger partial charge in [-0.05, 0) is 49.1 Å². The van der Waals surface area contributed by atoms with Crippen molar-refractivity contribution in [3.05, 3.63) is 62.5 Å². The SMILES string of the molecule is O=C(Nc1cccc(Cl)c1)c1cc2c([nH]c1=O)CCC2. The topological polar surface area (TPSA) is 62.0 Å². The van der Waals surface area contributed by atoms with Gasteiger partial charge in [-0.1, -0.05) is 17.7 Å². The molecule has 0 aliphatic heterocycles. The maximum Gasteiger partial charge on any atom is 0.261 e. The smallest absolute Gasteiger partial charge is 0.261 e. The van der Waals surface area contributed by atoms with Gasteiger partial charge in [0.15, 0.2) is 0 Å². The molecule has 1 aromatic heterocycles. The van der Waals surface area contributed by atoms with Gasteiger partial charge in [0.05, 0.1) is 0 Å². The number of hydrogen-bond acceptors (Lipinski definition) is 2. The first kappa shape index (κ1) is 12.9. The zero-order chi connectivity index (χ0) is 14.1. The van der Waals surface area contributed by atoms with E-state index in [1.165, 1.54) is 0 Å². The fraction of sp³-hybridized carbons (Fsp3) is 0.200. The summed E-state index contributed by atoms with van der Waals surface area (Å²) >= 11 is 5.86. The Morgan fingerprint density at radius 1 is 1.25 bits per heavy atom. The Morgan fingerprint density at radius 2 is 2.10 bits per heavy atom. The second kappa shape index (κ2) is 5.13. The molecule has 0 radical (unpaired) electrons. The number of hydrogen-bond donors (Lipinski definition) is 2. The van der Waals surface area contributed by atoms with Gasteiger partial charge in [0.25, 0.3) is 11.5 Å². The highest BCUT2D eigenvalue weighted by Gasteiger charge is 2.18. The molecule has 20 heavy (non-hydrogen) atoms. The molecule has 1 aliphatic carbocycles. The van der Waals surface area contributed by atoms with Crippen molar-refractivity contribution in [2.75, 3.05) is 5.32 Å². The van der Waals surface area contributed by atoms with Crippen LogP contribution in [0.25, 0.3) is 0 Å². The molecule has 2 aromatic rings. The van der Waals surface area contributed by atoms with Crippen LogP contribution in [0.4, 0.5) is 5.69 Å². The highest BCUT2D eigenvalue weighted by atomic mass is 35.5. The van der Waals surface area contributed by atoms with Crippen molar-refractivity contribution in [2.45, 2.75) is 19.3 Å². The van der Waals surface area contributed by atoms with Gasteiger partial charge >= 0.3 is 0 Å². The van der Waals surface area contributed by atoms with Crippen molar-refractivity contribution in [3.8, 4) is 0 Å². The molecule has 102 valence electrons. The number of aryl methyl sites for hydroxylation is 2. The monoisotopic (exact) mass is 288 g/mol. The molecule has 1 heterocycles. The third-order valence-corrected chi connectivity index (χ3v) is 3.65. The molecule has 4 nitrogen and oxygen atoms in total. The minimum Gasteiger partial charge on any atom is -0.325 e. The van der Waals surface area contributed by atoms with Crippen LogP contribution in [0.3, 0.4) is 0 Å². The van der Waals surface area contributed by atoms with Crippen LogP contribution in [0.1, 0.15) is 28.0 Å². The zero-order valence-corrected chi connectivity index (χ0v) is 11.5. The van der Waals surface area contributed by atoms with Crippen molar-refractivity contribution in [1.82, 2.24) is 4.98 Å². The summed E-state index contributed by atoms with van der Waals surface area (Å²) in [6.45, 7) is 0. The van der Waals surface area contributed by atoms with Crippen LogP contribution in [-0.4, -0.2) is 10.9 Å². The first-order chi connectivity index (χ1) is 9.63. The van der Waals surface area contributed by atoms with Crippen LogP contribution in [-0.2, 0) is 12.8 Å². The molecule has 0 saturated heterocycles. The Labute approximate surface area is 120 Å². The van der Waals surface area contributed by atoms with Gasteiger partial charge in [-0.3, -0.25) is 9.59 Å². The molecule has 0 spiro atoms. The molecular formula is C15H13ClN2O2. The summed E-state index contributed by atoms with van der Waals surface area (Å²) in [6, 6.07) is 8.53. The van der Waals surface area contributed by atoms with E-state index >= 15 is 0 Å². The standard InChI is InChI=1S/C15H13ClN2O2/c16-10-4-2-5-11(8-10)17-14(19)12-7-9-3-1-6-13(9)18-15(12)20/h2,4-5,7-8H,1,3,6H2,(H,17,19)(H,18,20). The lowest BCUT2D eigenvalue weighted by molar-refractivity contribution is 0.102. The van der Waals surface area contributed by atoms with E-state index in [2.05, 4.69) is 10.3 Å². The van der Waals surface area contributed by atoms with Gasteiger partial charge in [0, 0.05) is 16.4 Å². The summed E-state index contributed by atoms with van der Waals surface area (Å²) in [6.07, 6.45) is 2.80. The largest absolute Gasteiger partial charge is 0.325 e. The number of aromatic nitrogens is 1. The molecular weight excluding hydrogens is 276 g/mol. The minimum absolute atomic E-state index is 0.144. The van der Waals surface area contributed by atoms with Crippen LogP contribution >= 0.6 is 11.6 Å². The van der Waals surface area contributed by atoms with E-state index in [1.54, 1.807) is 30.3 Å². The summed E-state index contributed by atoms with van der Waals surface area (Å²) in [5, 5.41) is 3.22. The fourth-order valence-electron chi connectivity index (χ4n) is 2.45. The maximum absolute atomic E-state index is 12.2. The third kappa shape index (κ3) is 2.47. The number of H-pyrrole nitrogens is 1. The van der Waals surface area contributed by atoms with Gasteiger partial charge < -0.3 is 10.3 Å². The van der Waals surface area contributed by atoms with Gasteiger partial charge in [-0.2, -0.15) is 0 Å². The second-order valence-electron chi connectivity index (χ2n) is 4.83. The second-order valence-corrected chi connectivity index (χ2v) is 5.27. The number of anilines is 1. The molecule has 2 N–H and O–H groups in total. The van der Waals surface area contributed by atoms with Crippen molar-refractivity contribution in [2.24, 2.45) is 0 Å². The highest BCUT2D eigenvalue weighted by Crippen LogP contribution is 2.20. The predicted molar refractivity (Wildman–Crippen MR) is 78.5 cm³/mol. The van der Waals surface area contributed by atoms with E-state index in [0.717, 1.165) is 30.5 Å². The Kier molecular flexibility index (Phi) is 3.32. The third-order valence-electron chi connectivity index (χ3n) is 3.42. The van der Waals surface area contributed by atoms with Crippen LogP contribution in [0.2, 0.25) is 5.02 Å². The molecule has 3 rings (SSSR count). The van der Waals surface area contributed by atoms with Crippen molar-refractivity contribution < 1.29 is 4.79 Å². The fourth-order valence-corrected chi connectivity index (χ4v) is 2.64. The zero-order valence-electron chi connectivity index (χ0n) is 10.7. The normalized spacial score (nSPS) is 13.1. The van der Waals surface area contributed by atoms with Gasteiger partial charge in [-0.25, -0.2) is 0 Å². The molecule has 5 heteroatoms. The minimum atomic E-state index is -0.414. The van der Waals surface area contributed by atoms with Crippen LogP contribution in [0.5, 0.6) is 0 Å². The van der Waals surface area contributed by atoms with Crippen LogP contribution in [0, 0.1) is 0 Å². The number of halogens is 1. The number of amides is 1. The highest BCUT2D eigenvalue weighted by molar-refractivity contribution is 6.30. The molecule has 0 unspecified atom stereocenters. The van der Waals surface area contributed by atoms with Crippen molar-refractivity contribution in [3.63, 3.8) is 0 Å². The van der Waals surface area contributed by atoms with E-state index in [0.29, 0.717) is 10.7 Å². The summed E-state index contributed by atoms with van der Waals surface area (Å²) in [5.41, 5.74) is 2.38. The van der Waals surface area contributed by atoms with E-state index in [1.807, 2.05) is 0 Å². The first-order valence-electron chi connectivity index (χ1n) is 6.45. The van der Waals surface area contributed by atoms with E-state index in [-0.39, 0.29) is 11.1 Å². The lowest BCUT2D eigenvalue weighted by atomic mass is 10.1. The van der Waals surface area contributed by atoms with Gasteiger partial charge in [-0.15, -0.1) is 0 Å². The summed E-state index contributed by atoms with van der Waals surface area (Å²) in [5.74, 6) is -0.414. The number of fused-ring (bicyclic) bond motifs is 1. The van der Waals surface area contributed by atoms with E-state index in [4.69, 9.17) is 11.6 Å². The molecule has 1 amide bonds. The van der Waals surface area contributed by atoms with Crippen LogP contribution in [0.15, 0.2) is 35.1 Å². The van der Waals surface area contributed by atoms with E-state index < -0.39 is 5.91 Å². The molecule has 0 fully saturated rings. The molecule has 0 saturated carbocycles. The van der Waals surface area contributed by atoms with Crippen molar-refractivity contribution in [1.29, 1.82) is 0 Å². The van der Waals surface area contributed by atoms with Gasteiger partial charge in [0.2, 0.25) is 0 Å². The summed E-state index contributed by atoms with van der Waals surface area (Å²) in [7, 11) is 0. The lowest BCUT2D eigenvalue weighted by Gasteiger charge is -2.06. The summed E-state index contributed by atoms with van der Waals surface area (Å²) < 4.78 is 0. The van der Waals surface area contributed by atoms with E-state index in [9.17, 15) is 9.59 Å². The number of carbonyl (C=O) groups excluding carboxylic acids is 1. The average molecular weight is 289 g/mol. The molecule has 0 bridgehead atoms. The summed E-state index contributed by atoms with van der Waals surface area (Å²) in [4.78, 5) is 26.9.